The molecule has 1 aliphatic rings. The zero-order chi connectivity index (χ0) is 28.4. The van der Waals surface area contributed by atoms with Crippen LogP contribution in [0.3, 0.4) is 0 Å². The van der Waals surface area contributed by atoms with Crippen molar-refractivity contribution in [3.63, 3.8) is 0 Å². The van der Waals surface area contributed by atoms with Crippen molar-refractivity contribution in [1.82, 2.24) is 20.7 Å². The Morgan fingerprint density at radius 1 is 0.897 bits per heavy atom. The van der Waals surface area contributed by atoms with Gasteiger partial charge in [0.2, 0.25) is 17.7 Å². The maximum absolute atomic E-state index is 13.3. The number of rotatable bonds is 13. The molecule has 0 spiro atoms. The van der Waals surface area contributed by atoms with Gasteiger partial charge in [-0.2, -0.15) is 8.42 Å². The van der Waals surface area contributed by atoms with E-state index in [2.05, 4.69) is 22.9 Å². The molecule has 0 saturated carbocycles. The number of nitrogens with zero attached hydrogens (tertiary/aromatic N) is 1. The molecule has 0 unspecified atom stereocenters. The van der Waals surface area contributed by atoms with E-state index in [1.807, 2.05) is 35.1 Å². The number of hydrogen-bond acceptors (Lipinski definition) is 6. The zero-order valence-corrected chi connectivity index (χ0v) is 22.9. The van der Waals surface area contributed by atoms with Gasteiger partial charge in [-0.3, -0.25) is 19.2 Å². The minimum absolute atomic E-state index is 0.133. The Morgan fingerprint density at radius 2 is 1.51 bits per heavy atom. The number of carbonyl (C=O) groups is 4. The first-order valence-corrected chi connectivity index (χ1v) is 14.3. The smallest absolute Gasteiger partial charge is 0.326 e. The van der Waals surface area contributed by atoms with Gasteiger partial charge in [0.15, 0.2) is 0 Å². The number of nitrogens with one attached hydrogen (secondary N) is 4. The summed E-state index contributed by atoms with van der Waals surface area (Å²) in [6.07, 6.45) is 3.14. The fourth-order valence-corrected chi connectivity index (χ4v) is 5.36. The van der Waals surface area contributed by atoms with E-state index >= 15 is 0 Å². The number of amides is 4. The summed E-state index contributed by atoms with van der Waals surface area (Å²) in [6.45, 7) is 3.54. The fraction of sp³-hybridized carbons (Fsp3) is 0.407. The summed E-state index contributed by atoms with van der Waals surface area (Å²) < 4.78 is 27.1. The summed E-state index contributed by atoms with van der Waals surface area (Å²) in [7, 11) is -3.94. The van der Waals surface area contributed by atoms with Crippen molar-refractivity contribution in [3.8, 4) is 0 Å². The van der Waals surface area contributed by atoms with E-state index in [9.17, 15) is 27.6 Å². The highest BCUT2D eigenvalue weighted by Gasteiger charge is 2.34. The molecule has 210 valence electrons. The Morgan fingerprint density at radius 3 is 2.08 bits per heavy atom. The van der Waals surface area contributed by atoms with Crippen LogP contribution in [-0.2, 0) is 42.2 Å². The molecule has 4 N–H and O–H groups in total. The van der Waals surface area contributed by atoms with E-state index in [1.165, 1.54) is 6.92 Å². The topological polar surface area (TPSA) is 154 Å². The Balaban J connectivity index is 1.76. The molecule has 0 bridgehead atoms. The molecule has 0 radical (unpaired) electrons. The van der Waals surface area contributed by atoms with Crippen molar-refractivity contribution in [2.24, 2.45) is 0 Å². The van der Waals surface area contributed by atoms with E-state index in [0.717, 1.165) is 29.1 Å². The fourth-order valence-electron chi connectivity index (χ4n) is 4.21. The molecule has 11 nitrogen and oxygen atoms in total. The van der Waals surface area contributed by atoms with Crippen LogP contribution in [0.25, 0.3) is 0 Å². The van der Waals surface area contributed by atoms with Gasteiger partial charge in [0.25, 0.3) is 5.91 Å². The first-order chi connectivity index (χ1) is 18.6. The molecule has 2 aromatic rings. The average molecular weight is 558 g/mol. The monoisotopic (exact) mass is 557 g/mol. The summed E-state index contributed by atoms with van der Waals surface area (Å²) in [5.41, 5.74) is 1.82. The van der Waals surface area contributed by atoms with Gasteiger partial charge in [-0.05, 0) is 29.7 Å². The standard InChI is InChI=1S/C27H35N5O6S/c1-3-4-8-15-28-26(35)23(30-27(36)24(29-19(2)33)16-20-9-6-5-7-10-20)17-21-11-13-22(14-12-21)32-18-25(34)31-39(32,37)38/h5-7,9-14,23-24H,3-4,8,15-18H2,1-2H3,(H,28,35)(H,29,33)(H,30,36)(H,31,34)/t23-,24-/m0/s1. The van der Waals surface area contributed by atoms with Gasteiger partial charge in [-0.15, -0.1) is 0 Å². The van der Waals surface area contributed by atoms with Crippen LogP contribution >= 0.6 is 0 Å². The molecule has 2 aromatic carbocycles. The van der Waals surface area contributed by atoms with E-state index in [4.69, 9.17) is 0 Å². The lowest BCUT2D eigenvalue weighted by Crippen LogP contribution is -2.55. The molecule has 4 amide bonds. The number of carbonyl (C=O) groups excluding carboxylic acids is 4. The molecule has 2 atom stereocenters. The van der Waals surface area contributed by atoms with Gasteiger partial charge in [-0.25, -0.2) is 9.03 Å². The summed E-state index contributed by atoms with van der Waals surface area (Å²) in [5, 5.41) is 8.33. The average Bonchev–Trinajstić information content (AvgIpc) is 3.18. The van der Waals surface area contributed by atoms with Crippen LogP contribution in [0.1, 0.15) is 44.2 Å². The van der Waals surface area contributed by atoms with Crippen molar-refractivity contribution in [2.75, 3.05) is 17.4 Å². The highest BCUT2D eigenvalue weighted by molar-refractivity contribution is 7.92. The highest BCUT2D eigenvalue weighted by Crippen LogP contribution is 2.21. The summed E-state index contributed by atoms with van der Waals surface area (Å²) in [5.74, 6) is -1.84. The van der Waals surface area contributed by atoms with Gasteiger partial charge >= 0.3 is 10.2 Å². The van der Waals surface area contributed by atoms with Crippen LogP contribution in [0.15, 0.2) is 54.6 Å². The molecule has 1 heterocycles. The first kappa shape index (κ1) is 29.6. The molecule has 0 aromatic heterocycles. The van der Waals surface area contributed by atoms with Crippen molar-refractivity contribution in [3.05, 3.63) is 65.7 Å². The van der Waals surface area contributed by atoms with Crippen LogP contribution in [-0.4, -0.2) is 57.2 Å². The largest absolute Gasteiger partial charge is 0.354 e. The lowest BCUT2D eigenvalue weighted by atomic mass is 10.0. The third kappa shape index (κ3) is 8.81. The van der Waals surface area contributed by atoms with Crippen molar-refractivity contribution in [1.29, 1.82) is 0 Å². The first-order valence-electron chi connectivity index (χ1n) is 12.9. The second-order valence-corrected chi connectivity index (χ2v) is 11.0. The van der Waals surface area contributed by atoms with Gasteiger partial charge < -0.3 is 16.0 Å². The third-order valence-corrected chi connectivity index (χ3v) is 7.58. The Labute approximate surface area is 228 Å². The molecule has 1 aliphatic heterocycles. The highest BCUT2D eigenvalue weighted by atomic mass is 32.2. The van der Waals surface area contributed by atoms with E-state index in [-0.39, 0.29) is 31.2 Å². The van der Waals surface area contributed by atoms with Crippen molar-refractivity contribution in [2.45, 2.75) is 58.0 Å². The third-order valence-electron chi connectivity index (χ3n) is 6.17. The van der Waals surface area contributed by atoms with E-state index in [0.29, 0.717) is 17.8 Å². The second kappa shape index (κ2) is 13.7. The maximum atomic E-state index is 13.3. The normalized spacial score (nSPS) is 15.6. The minimum atomic E-state index is -3.94. The number of hydrogen-bond donors (Lipinski definition) is 4. The predicted octanol–water partition coefficient (Wildman–Crippen LogP) is 0.949. The molecule has 12 heteroatoms. The van der Waals surface area contributed by atoms with Gasteiger partial charge in [0.05, 0.1) is 5.69 Å². The Kier molecular flexibility index (Phi) is 10.4. The van der Waals surface area contributed by atoms with E-state index < -0.39 is 34.1 Å². The van der Waals surface area contributed by atoms with Crippen molar-refractivity contribution >= 4 is 39.5 Å². The number of unbranched alkanes of at least 4 members (excludes halogenated alkanes) is 2. The molecule has 0 aliphatic carbocycles. The van der Waals surface area contributed by atoms with Crippen LogP contribution in [0.4, 0.5) is 5.69 Å². The Bertz CT molecular complexity index is 1270. The summed E-state index contributed by atoms with van der Waals surface area (Å²) >= 11 is 0. The molecule has 3 rings (SSSR count). The molecular formula is C27H35N5O6S. The molecular weight excluding hydrogens is 522 g/mol. The van der Waals surface area contributed by atoms with Crippen LogP contribution in [0.5, 0.6) is 0 Å². The van der Waals surface area contributed by atoms with Crippen LogP contribution < -0.4 is 25.0 Å². The molecule has 1 saturated heterocycles. The van der Waals surface area contributed by atoms with Crippen LogP contribution in [0.2, 0.25) is 0 Å². The maximum Gasteiger partial charge on any atom is 0.326 e. The predicted molar refractivity (Wildman–Crippen MR) is 147 cm³/mol. The summed E-state index contributed by atoms with van der Waals surface area (Å²) in [4.78, 5) is 49.8. The summed E-state index contributed by atoms with van der Waals surface area (Å²) in [6, 6.07) is 13.8. The van der Waals surface area contributed by atoms with Gasteiger partial charge in [-0.1, -0.05) is 62.2 Å². The zero-order valence-electron chi connectivity index (χ0n) is 22.1. The van der Waals surface area contributed by atoms with Gasteiger partial charge in [0.1, 0.15) is 18.6 Å². The second-order valence-electron chi connectivity index (χ2n) is 9.41. The number of anilines is 1. The molecule has 1 fully saturated rings. The van der Waals surface area contributed by atoms with E-state index in [1.54, 1.807) is 24.3 Å². The lowest BCUT2D eigenvalue weighted by Gasteiger charge is -2.23. The van der Waals surface area contributed by atoms with Crippen molar-refractivity contribution < 1.29 is 27.6 Å². The van der Waals surface area contributed by atoms with Crippen LogP contribution in [0, 0.1) is 0 Å². The molecule has 39 heavy (non-hydrogen) atoms. The SMILES string of the molecule is CCCCCNC(=O)[C@H](Cc1ccc(N2CC(=O)NS2(=O)=O)cc1)NC(=O)[C@H](Cc1ccccc1)NC(C)=O. The van der Waals surface area contributed by atoms with Gasteiger partial charge in [0, 0.05) is 26.3 Å². The quantitative estimate of drug-likeness (QED) is 0.269. The Hall–Kier alpha value is -3.93. The minimum Gasteiger partial charge on any atom is -0.354 e. The number of benzene rings is 2. The lowest BCUT2D eigenvalue weighted by molar-refractivity contribution is -0.131.